The highest BCUT2D eigenvalue weighted by atomic mass is 16.1. The number of carbonyl (C=O) groups excluding carboxylic acids is 1. The van der Waals surface area contributed by atoms with E-state index in [2.05, 4.69) is 74.1 Å². The highest BCUT2D eigenvalue weighted by molar-refractivity contribution is 6.01. The fourth-order valence-corrected chi connectivity index (χ4v) is 3.73. The van der Waals surface area contributed by atoms with Crippen molar-refractivity contribution in [3.63, 3.8) is 0 Å². The molecule has 0 unspecified atom stereocenters. The van der Waals surface area contributed by atoms with Crippen LogP contribution < -0.4 is 5.32 Å². The molecule has 0 saturated heterocycles. The van der Waals surface area contributed by atoms with Gasteiger partial charge in [-0.15, -0.1) is 0 Å². The lowest BCUT2D eigenvalue weighted by molar-refractivity contribution is 0.0949. The highest BCUT2D eigenvalue weighted by Gasteiger charge is 2.18. The van der Waals surface area contributed by atoms with Crippen molar-refractivity contribution in [1.82, 2.24) is 15.2 Å². The summed E-state index contributed by atoms with van der Waals surface area (Å²) in [5.74, 6) is -0.0418. The van der Waals surface area contributed by atoms with Gasteiger partial charge in [0.2, 0.25) is 0 Å². The maximum absolute atomic E-state index is 13.1. The molecule has 0 atom stereocenters. The second-order valence-electron chi connectivity index (χ2n) is 8.95. The Morgan fingerprint density at radius 1 is 0.935 bits per heavy atom. The molecule has 1 amide bonds. The molecule has 2 aromatic carbocycles. The zero-order valence-electron chi connectivity index (χ0n) is 19.5. The van der Waals surface area contributed by atoms with Crippen LogP contribution in [0.1, 0.15) is 50.5 Å². The Morgan fingerprint density at radius 3 is 2.16 bits per heavy atom. The van der Waals surface area contributed by atoms with Crippen molar-refractivity contribution >= 4 is 5.91 Å². The standard InChI is InChI=1S/C27H35N3O/c1-6-30(7-2)18-17-28-26(31)23-19-24(29-25(23)21-11-9-8-10-12-21)20-13-15-22(16-14-20)27(3,4)5/h8-16,19,29H,6-7,17-18H2,1-5H3,(H,28,31). The van der Waals surface area contributed by atoms with Gasteiger partial charge in [-0.25, -0.2) is 0 Å². The number of nitrogens with zero attached hydrogens (tertiary/aromatic N) is 1. The number of hydrogen-bond acceptors (Lipinski definition) is 2. The number of likely N-dealkylation sites (N-methyl/N-ethyl adjacent to an activating group) is 1. The molecule has 164 valence electrons. The fraction of sp³-hybridized carbons (Fsp3) is 0.370. The zero-order valence-corrected chi connectivity index (χ0v) is 19.5. The molecule has 0 aliphatic heterocycles. The molecule has 0 bridgehead atoms. The molecular weight excluding hydrogens is 382 g/mol. The molecule has 4 heteroatoms. The summed E-state index contributed by atoms with van der Waals surface area (Å²) in [4.78, 5) is 18.9. The predicted octanol–water partition coefficient (Wildman–Crippen LogP) is 5.72. The summed E-state index contributed by atoms with van der Waals surface area (Å²) in [6.07, 6.45) is 0. The first-order valence-electron chi connectivity index (χ1n) is 11.2. The number of rotatable bonds is 8. The first-order valence-corrected chi connectivity index (χ1v) is 11.2. The van der Waals surface area contributed by atoms with E-state index in [9.17, 15) is 4.79 Å². The first kappa shape index (κ1) is 22.8. The molecule has 0 saturated carbocycles. The summed E-state index contributed by atoms with van der Waals surface area (Å²) in [5, 5.41) is 3.10. The molecular formula is C27H35N3O. The minimum atomic E-state index is -0.0418. The average molecular weight is 418 g/mol. The van der Waals surface area contributed by atoms with Crippen LogP contribution in [0.4, 0.5) is 0 Å². The number of amides is 1. The van der Waals surface area contributed by atoms with E-state index in [1.807, 2.05) is 36.4 Å². The zero-order chi connectivity index (χ0) is 22.4. The van der Waals surface area contributed by atoms with E-state index in [-0.39, 0.29) is 11.3 Å². The van der Waals surface area contributed by atoms with Gasteiger partial charge in [-0.05, 0) is 41.3 Å². The molecule has 0 fully saturated rings. The maximum Gasteiger partial charge on any atom is 0.253 e. The minimum Gasteiger partial charge on any atom is -0.354 e. The summed E-state index contributed by atoms with van der Waals surface area (Å²) >= 11 is 0. The SMILES string of the molecule is CCN(CC)CCNC(=O)c1cc(-c2ccc(C(C)(C)C)cc2)[nH]c1-c1ccccc1. The summed E-state index contributed by atoms with van der Waals surface area (Å²) in [6.45, 7) is 14.4. The Kier molecular flexibility index (Phi) is 7.34. The van der Waals surface area contributed by atoms with E-state index in [0.29, 0.717) is 12.1 Å². The smallest absolute Gasteiger partial charge is 0.253 e. The maximum atomic E-state index is 13.1. The number of hydrogen-bond donors (Lipinski definition) is 2. The quantitative estimate of drug-likeness (QED) is 0.493. The summed E-state index contributed by atoms with van der Waals surface area (Å²) in [6, 6.07) is 20.6. The lowest BCUT2D eigenvalue weighted by Crippen LogP contribution is -2.34. The van der Waals surface area contributed by atoms with Gasteiger partial charge in [0.15, 0.2) is 0 Å². The second-order valence-corrected chi connectivity index (χ2v) is 8.95. The molecule has 31 heavy (non-hydrogen) atoms. The molecule has 0 aliphatic carbocycles. The van der Waals surface area contributed by atoms with Gasteiger partial charge >= 0.3 is 0 Å². The second kappa shape index (κ2) is 9.97. The van der Waals surface area contributed by atoms with E-state index >= 15 is 0 Å². The van der Waals surface area contributed by atoms with Gasteiger partial charge in [-0.3, -0.25) is 4.79 Å². The van der Waals surface area contributed by atoms with Gasteiger partial charge in [0, 0.05) is 18.8 Å². The van der Waals surface area contributed by atoms with Crippen LogP contribution in [0, 0.1) is 0 Å². The Hall–Kier alpha value is -2.85. The number of carbonyl (C=O) groups is 1. The van der Waals surface area contributed by atoms with Crippen LogP contribution in [0.3, 0.4) is 0 Å². The van der Waals surface area contributed by atoms with E-state index in [4.69, 9.17) is 0 Å². The molecule has 0 radical (unpaired) electrons. The van der Waals surface area contributed by atoms with Crippen molar-refractivity contribution in [1.29, 1.82) is 0 Å². The third kappa shape index (κ3) is 5.65. The lowest BCUT2D eigenvalue weighted by Gasteiger charge is -2.19. The lowest BCUT2D eigenvalue weighted by atomic mass is 9.86. The Bertz CT molecular complexity index is 978. The molecule has 3 rings (SSSR count). The van der Waals surface area contributed by atoms with E-state index in [1.54, 1.807) is 0 Å². The monoisotopic (exact) mass is 417 g/mol. The molecule has 1 aromatic heterocycles. The van der Waals surface area contributed by atoms with Gasteiger partial charge in [-0.2, -0.15) is 0 Å². The summed E-state index contributed by atoms with van der Waals surface area (Å²) in [5.41, 5.74) is 5.98. The third-order valence-corrected chi connectivity index (χ3v) is 5.79. The first-order chi connectivity index (χ1) is 14.8. The topological polar surface area (TPSA) is 48.1 Å². The van der Waals surface area contributed by atoms with Crippen LogP contribution in [0.5, 0.6) is 0 Å². The molecule has 0 aliphatic rings. The number of H-pyrrole nitrogens is 1. The fourth-order valence-electron chi connectivity index (χ4n) is 3.73. The van der Waals surface area contributed by atoms with Crippen LogP contribution in [0.15, 0.2) is 60.7 Å². The third-order valence-electron chi connectivity index (χ3n) is 5.79. The Balaban J connectivity index is 1.89. The van der Waals surface area contributed by atoms with E-state index in [0.717, 1.165) is 42.1 Å². The van der Waals surface area contributed by atoms with Crippen molar-refractivity contribution < 1.29 is 4.79 Å². The van der Waals surface area contributed by atoms with Crippen molar-refractivity contribution in [3.8, 4) is 22.5 Å². The van der Waals surface area contributed by atoms with Crippen molar-refractivity contribution in [2.75, 3.05) is 26.2 Å². The van der Waals surface area contributed by atoms with Gasteiger partial charge < -0.3 is 15.2 Å². The van der Waals surface area contributed by atoms with Crippen LogP contribution in [0.2, 0.25) is 0 Å². The van der Waals surface area contributed by atoms with Gasteiger partial charge in [-0.1, -0.05) is 89.2 Å². The molecule has 4 nitrogen and oxygen atoms in total. The Labute approximate surface area is 186 Å². The van der Waals surface area contributed by atoms with Gasteiger partial charge in [0.1, 0.15) is 0 Å². The van der Waals surface area contributed by atoms with Crippen LogP contribution >= 0.6 is 0 Å². The largest absolute Gasteiger partial charge is 0.354 e. The highest BCUT2D eigenvalue weighted by Crippen LogP contribution is 2.30. The molecule has 1 heterocycles. The average Bonchev–Trinajstić information content (AvgIpc) is 3.22. The summed E-state index contributed by atoms with van der Waals surface area (Å²) < 4.78 is 0. The Morgan fingerprint density at radius 2 is 1.58 bits per heavy atom. The number of benzene rings is 2. The van der Waals surface area contributed by atoms with E-state index < -0.39 is 0 Å². The van der Waals surface area contributed by atoms with Crippen LogP contribution in [-0.4, -0.2) is 42.0 Å². The number of aromatic amines is 1. The molecule has 0 spiro atoms. The summed E-state index contributed by atoms with van der Waals surface area (Å²) in [7, 11) is 0. The predicted molar refractivity (Wildman–Crippen MR) is 130 cm³/mol. The van der Waals surface area contributed by atoms with E-state index in [1.165, 1.54) is 5.56 Å². The van der Waals surface area contributed by atoms with Gasteiger partial charge in [0.05, 0.1) is 11.3 Å². The van der Waals surface area contributed by atoms with Crippen LogP contribution in [0.25, 0.3) is 22.5 Å². The van der Waals surface area contributed by atoms with Crippen molar-refractivity contribution in [2.24, 2.45) is 0 Å². The molecule has 2 N–H and O–H groups in total. The minimum absolute atomic E-state index is 0.0418. The molecule has 3 aromatic rings. The number of nitrogens with one attached hydrogen (secondary N) is 2. The van der Waals surface area contributed by atoms with Gasteiger partial charge in [0.25, 0.3) is 5.91 Å². The van der Waals surface area contributed by atoms with Crippen molar-refractivity contribution in [2.45, 2.75) is 40.0 Å². The normalized spacial score (nSPS) is 11.7. The van der Waals surface area contributed by atoms with Crippen LogP contribution in [-0.2, 0) is 5.41 Å². The number of aromatic nitrogens is 1. The van der Waals surface area contributed by atoms with Crippen molar-refractivity contribution in [3.05, 3.63) is 71.8 Å².